The van der Waals surface area contributed by atoms with E-state index in [1.54, 1.807) is 23.1 Å². The van der Waals surface area contributed by atoms with Gasteiger partial charge in [0.05, 0.1) is 10.8 Å². The average Bonchev–Trinajstić information content (AvgIpc) is 3.14. The molecular formula is C26H33N3O4S. The van der Waals surface area contributed by atoms with Crippen LogP contribution in [0.1, 0.15) is 57.6 Å². The molecule has 7 nitrogen and oxygen atoms in total. The Bertz CT molecular complexity index is 1190. The molecule has 2 aromatic carbocycles. The third kappa shape index (κ3) is 4.74. The molecule has 0 saturated carbocycles. The monoisotopic (exact) mass is 483 g/mol. The fourth-order valence-electron chi connectivity index (χ4n) is 4.97. The summed E-state index contributed by atoms with van der Waals surface area (Å²) in [6.07, 6.45) is 1.90. The largest absolute Gasteiger partial charge is 0.326 e. The predicted octanol–water partition coefficient (Wildman–Crippen LogP) is 4.15. The maximum absolute atomic E-state index is 13.4. The van der Waals surface area contributed by atoms with Gasteiger partial charge in [-0.05, 0) is 73.6 Å². The molecule has 2 heterocycles. The molecule has 0 aromatic heterocycles. The molecular weight excluding hydrogens is 450 g/mol. The summed E-state index contributed by atoms with van der Waals surface area (Å²) in [7, 11) is -3.74. The zero-order chi connectivity index (χ0) is 24.6. The molecule has 2 amide bonds. The highest BCUT2D eigenvalue weighted by Crippen LogP contribution is 2.35. The van der Waals surface area contributed by atoms with Crippen LogP contribution in [-0.4, -0.2) is 43.7 Å². The molecule has 0 unspecified atom stereocenters. The van der Waals surface area contributed by atoms with Crippen molar-refractivity contribution in [1.82, 2.24) is 4.31 Å². The lowest BCUT2D eigenvalue weighted by Gasteiger charge is -2.31. The summed E-state index contributed by atoms with van der Waals surface area (Å²) < 4.78 is 28.3. The second kappa shape index (κ2) is 9.50. The lowest BCUT2D eigenvalue weighted by atomic mass is 9.98. The van der Waals surface area contributed by atoms with E-state index in [1.165, 1.54) is 16.8 Å². The van der Waals surface area contributed by atoms with E-state index in [0.29, 0.717) is 31.7 Å². The van der Waals surface area contributed by atoms with Gasteiger partial charge in [0.25, 0.3) is 0 Å². The fraction of sp³-hybridized carbons (Fsp3) is 0.462. The number of sulfonamides is 1. The molecule has 1 saturated heterocycles. The molecule has 182 valence electrons. The van der Waals surface area contributed by atoms with Crippen LogP contribution in [0.25, 0.3) is 0 Å². The maximum atomic E-state index is 13.4. The summed E-state index contributed by atoms with van der Waals surface area (Å²) in [4.78, 5) is 26.8. The molecule has 0 radical (unpaired) electrons. The van der Waals surface area contributed by atoms with Crippen molar-refractivity contribution in [2.75, 3.05) is 23.3 Å². The van der Waals surface area contributed by atoms with Gasteiger partial charge in [0, 0.05) is 37.4 Å². The zero-order valence-corrected chi connectivity index (χ0v) is 21.1. The molecule has 1 fully saturated rings. The van der Waals surface area contributed by atoms with Crippen molar-refractivity contribution in [2.45, 2.75) is 63.8 Å². The Morgan fingerprint density at radius 3 is 2.44 bits per heavy atom. The van der Waals surface area contributed by atoms with Crippen molar-refractivity contribution in [2.24, 2.45) is 5.92 Å². The van der Waals surface area contributed by atoms with Crippen molar-refractivity contribution in [3.63, 3.8) is 0 Å². The Labute approximate surface area is 202 Å². The smallest absolute Gasteiger partial charge is 0.243 e. The van der Waals surface area contributed by atoms with E-state index in [1.807, 2.05) is 31.2 Å². The first-order valence-corrected chi connectivity index (χ1v) is 13.4. The summed E-state index contributed by atoms with van der Waals surface area (Å²) in [5, 5.41) is 2.95. The minimum atomic E-state index is -3.74. The number of anilines is 2. The van der Waals surface area contributed by atoms with Gasteiger partial charge in [0.15, 0.2) is 0 Å². The lowest BCUT2D eigenvalue weighted by Crippen LogP contribution is -2.43. The molecule has 2 aliphatic rings. The van der Waals surface area contributed by atoms with Crippen LogP contribution < -0.4 is 10.2 Å². The zero-order valence-electron chi connectivity index (χ0n) is 20.2. The maximum Gasteiger partial charge on any atom is 0.243 e. The Hall–Kier alpha value is -2.71. The number of nitrogens with zero attached hydrogens (tertiary/aromatic N) is 2. The molecule has 8 heteroatoms. The van der Waals surface area contributed by atoms with Crippen LogP contribution >= 0.6 is 0 Å². The molecule has 0 spiro atoms. The second-order valence-electron chi connectivity index (χ2n) is 9.70. The van der Waals surface area contributed by atoms with E-state index < -0.39 is 15.9 Å². The quantitative estimate of drug-likeness (QED) is 0.692. The molecule has 2 atom stereocenters. The van der Waals surface area contributed by atoms with Crippen LogP contribution in [0, 0.1) is 5.92 Å². The van der Waals surface area contributed by atoms with Crippen LogP contribution in [-0.2, 0) is 26.0 Å². The van der Waals surface area contributed by atoms with Gasteiger partial charge in [-0.25, -0.2) is 8.42 Å². The number of piperidine rings is 1. The minimum Gasteiger partial charge on any atom is -0.326 e. The fourth-order valence-corrected chi connectivity index (χ4v) is 6.54. The lowest BCUT2D eigenvalue weighted by molar-refractivity contribution is -0.121. The van der Waals surface area contributed by atoms with Crippen LogP contribution in [0.3, 0.4) is 0 Å². The van der Waals surface area contributed by atoms with Gasteiger partial charge >= 0.3 is 0 Å². The van der Waals surface area contributed by atoms with E-state index in [9.17, 15) is 18.0 Å². The van der Waals surface area contributed by atoms with Crippen LogP contribution in [0.2, 0.25) is 0 Å². The van der Waals surface area contributed by atoms with Crippen LogP contribution in [0.5, 0.6) is 0 Å². The van der Waals surface area contributed by atoms with Gasteiger partial charge in [-0.2, -0.15) is 4.31 Å². The normalized spacial score (nSPS) is 20.9. The van der Waals surface area contributed by atoms with Gasteiger partial charge in [-0.3, -0.25) is 9.59 Å². The SMILES string of the molecule is CC(=O)N1c2ccc(S(=O)(=O)N3CCC[C@H](C(=O)Nc4ccc(C(C)C)cc4)C3)cc2C[C@H]1C. The second-order valence-corrected chi connectivity index (χ2v) is 11.6. The number of hydrogen-bond donors (Lipinski definition) is 1. The van der Waals surface area contributed by atoms with Crippen molar-refractivity contribution in [3.8, 4) is 0 Å². The van der Waals surface area contributed by atoms with E-state index in [4.69, 9.17) is 0 Å². The van der Waals surface area contributed by atoms with Crippen LogP contribution in [0.15, 0.2) is 47.4 Å². The van der Waals surface area contributed by atoms with Crippen molar-refractivity contribution in [3.05, 3.63) is 53.6 Å². The average molecular weight is 484 g/mol. The molecule has 34 heavy (non-hydrogen) atoms. The van der Waals surface area contributed by atoms with Crippen molar-refractivity contribution < 1.29 is 18.0 Å². The number of fused-ring (bicyclic) bond motifs is 1. The number of carbonyl (C=O) groups excluding carboxylic acids is 2. The summed E-state index contributed by atoms with van der Waals surface area (Å²) >= 11 is 0. The molecule has 1 N–H and O–H groups in total. The first kappa shape index (κ1) is 24.4. The predicted molar refractivity (Wildman–Crippen MR) is 133 cm³/mol. The summed E-state index contributed by atoms with van der Waals surface area (Å²) in [5.41, 5.74) is 3.55. The van der Waals surface area contributed by atoms with Gasteiger partial charge in [-0.1, -0.05) is 26.0 Å². The Kier molecular flexibility index (Phi) is 6.82. The van der Waals surface area contributed by atoms with Gasteiger partial charge < -0.3 is 10.2 Å². The highest BCUT2D eigenvalue weighted by Gasteiger charge is 2.35. The van der Waals surface area contributed by atoms with Crippen LogP contribution in [0.4, 0.5) is 11.4 Å². The van der Waals surface area contributed by atoms with E-state index >= 15 is 0 Å². The number of nitrogens with one attached hydrogen (secondary N) is 1. The number of benzene rings is 2. The standard InChI is InChI=1S/C26H33N3O4S/c1-17(2)20-7-9-23(10-8-20)27-26(31)21-6-5-13-28(16-21)34(32,33)24-11-12-25-22(15-24)14-18(3)29(25)19(4)30/h7-12,15,17-18,21H,5-6,13-14,16H2,1-4H3,(H,27,31)/t18-,21+/m1/s1. The van der Waals surface area contributed by atoms with Gasteiger partial charge in [0.2, 0.25) is 21.8 Å². The summed E-state index contributed by atoms with van der Waals surface area (Å²) in [6.45, 7) is 8.26. The molecule has 2 aliphatic heterocycles. The Balaban J connectivity index is 1.48. The van der Waals surface area contributed by atoms with Gasteiger partial charge in [-0.15, -0.1) is 0 Å². The van der Waals surface area contributed by atoms with Gasteiger partial charge in [0.1, 0.15) is 0 Å². The van der Waals surface area contributed by atoms with E-state index in [0.717, 1.165) is 16.9 Å². The van der Waals surface area contributed by atoms with Crippen molar-refractivity contribution >= 4 is 33.2 Å². The number of rotatable bonds is 5. The number of amides is 2. The molecule has 0 bridgehead atoms. The first-order valence-electron chi connectivity index (χ1n) is 11.9. The van der Waals surface area contributed by atoms with E-state index in [2.05, 4.69) is 19.2 Å². The van der Waals surface area contributed by atoms with E-state index in [-0.39, 0.29) is 29.3 Å². The topological polar surface area (TPSA) is 86.8 Å². The van der Waals surface area contributed by atoms with Crippen molar-refractivity contribution in [1.29, 1.82) is 0 Å². The molecule has 2 aromatic rings. The minimum absolute atomic E-state index is 0.00289. The highest BCUT2D eigenvalue weighted by atomic mass is 32.2. The first-order chi connectivity index (χ1) is 16.1. The number of carbonyl (C=O) groups is 2. The Morgan fingerprint density at radius 1 is 1.09 bits per heavy atom. The third-order valence-corrected chi connectivity index (χ3v) is 8.70. The number of hydrogen-bond acceptors (Lipinski definition) is 4. The summed E-state index contributed by atoms with van der Waals surface area (Å²) in [5.74, 6) is -0.201. The molecule has 4 rings (SSSR count). The Morgan fingerprint density at radius 2 is 1.79 bits per heavy atom. The third-order valence-electron chi connectivity index (χ3n) is 6.84. The highest BCUT2D eigenvalue weighted by molar-refractivity contribution is 7.89. The summed E-state index contributed by atoms with van der Waals surface area (Å²) in [6, 6.07) is 12.8. The molecule has 0 aliphatic carbocycles.